The van der Waals surface area contributed by atoms with Gasteiger partial charge < -0.3 is 9.79 Å². The van der Waals surface area contributed by atoms with Crippen LogP contribution in [0.15, 0.2) is 12.1 Å². The second-order valence-corrected chi connectivity index (χ2v) is 4.06. The molecule has 82 valence electrons. The van der Waals surface area contributed by atoms with Crippen molar-refractivity contribution >= 4 is 12.4 Å². The first-order valence-electron chi connectivity index (χ1n) is 4.95. The minimum Gasteiger partial charge on any atom is -0.337 e. The molecule has 0 N–H and O–H groups in total. The minimum absolute atomic E-state index is 0. The lowest BCUT2D eigenvalue weighted by Gasteiger charge is -2.25. The van der Waals surface area contributed by atoms with Crippen LogP contribution >= 0.6 is 12.4 Å². The van der Waals surface area contributed by atoms with Gasteiger partial charge in [0.1, 0.15) is 6.61 Å². The molecule has 3 rings (SSSR count). The van der Waals surface area contributed by atoms with Crippen LogP contribution in [0.1, 0.15) is 16.7 Å². The first-order valence-corrected chi connectivity index (χ1v) is 4.95. The van der Waals surface area contributed by atoms with E-state index >= 15 is 0 Å². The topological polar surface area (TPSA) is 21.7 Å². The molecule has 2 aliphatic heterocycles. The Morgan fingerprint density at radius 3 is 2.93 bits per heavy atom. The van der Waals surface area contributed by atoms with Gasteiger partial charge in [-0.05, 0) is 36.7 Å². The molecule has 1 aromatic rings. The average molecular weight is 228 g/mol. The van der Waals surface area contributed by atoms with E-state index < -0.39 is 0 Å². The largest absolute Gasteiger partial charge is 0.337 e. The smallest absolute Gasteiger partial charge is 0.171 e. The second kappa shape index (κ2) is 4.00. The van der Waals surface area contributed by atoms with E-state index in [2.05, 4.69) is 24.1 Å². The summed E-state index contributed by atoms with van der Waals surface area (Å²) in [5.41, 5.74) is 4.01. The Bertz CT molecular complexity index is 381. The number of likely N-dealkylation sites (N-methyl/N-ethyl adjacent to an activating group) is 1. The molecule has 2 aliphatic rings. The van der Waals surface area contributed by atoms with Gasteiger partial charge in [-0.15, -0.1) is 12.4 Å². The SMILES string of the molecule is CN1CCc2cc3c(cc2C1)COO3.Cl. The molecule has 0 amide bonds. The van der Waals surface area contributed by atoms with Crippen molar-refractivity contribution in [3.8, 4) is 5.75 Å². The van der Waals surface area contributed by atoms with Gasteiger partial charge in [-0.3, -0.25) is 0 Å². The maximum atomic E-state index is 5.08. The molecule has 1 aromatic carbocycles. The molecular weight excluding hydrogens is 214 g/mol. The third-order valence-corrected chi connectivity index (χ3v) is 2.95. The molecule has 0 unspecified atom stereocenters. The van der Waals surface area contributed by atoms with Crippen LogP contribution in [0.25, 0.3) is 0 Å². The summed E-state index contributed by atoms with van der Waals surface area (Å²) in [6.07, 6.45) is 1.11. The molecule has 3 nitrogen and oxygen atoms in total. The fraction of sp³-hybridized carbons (Fsp3) is 0.455. The van der Waals surface area contributed by atoms with Crippen molar-refractivity contribution in [3.05, 3.63) is 28.8 Å². The Hall–Kier alpha value is -0.770. The molecule has 4 heteroatoms. The number of fused-ring (bicyclic) bond motifs is 2. The van der Waals surface area contributed by atoms with Crippen molar-refractivity contribution in [2.75, 3.05) is 13.6 Å². The van der Waals surface area contributed by atoms with Crippen LogP contribution < -0.4 is 4.89 Å². The summed E-state index contributed by atoms with van der Waals surface area (Å²) in [4.78, 5) is 12.4. The Morgan fingerprint density at radius 1 is 1.20 bits per heavy atom. The summed E-state index contributed by atoms with van der Waals surface area (Å²) < 4.78 is 0. The van der Waals surface area contributed by atoms with E-state index in [4.69, 9.17) is 9.78 Å². The van der Waals surface area contributed by atoms with E-state index in [0.29, 0.717) is 6.61 Å². The van der Waals surface area contributed by atoms with Gasteiger partial charge in [-0.25, -0.2) is 0 Å². The number of rotatable bonds is 0. The molecule has 0 saturated carbocycles. The van der Waals surface area contributed by atoms with Crippen LogP contribution in [-0.2, 0) is 24.5 Å². The number of hydrogen-bond acceptors (Lipinski definition) is 3. The van der Waals surface area contributed by atoms with Crippen LogP contribution in [0.5, 0.6) is 5.75 Å². The highest BCUT2D eigenvalue weighted by molar-refractivity contribution is 5.85. The quantitative estimate of drug-likeness (QED) is 0.632. The van der Waals surface area contributed by atoms with Crippen LogP contribution in [0.2, 0.25) is 0 Å². The van der Waals surface area contributed by atoms with Gasteiger partial charge in [0, 0.05) is 18.7 Å². The highest BCUT2D eigenvalue weighted by atomic mass is 35.5. The van der Waals surface area contributed by atoms with Gasteiger partial charge in [-0.1, -0.05) is 0 Å². The number of benzene rings is 1. The van der Waals surface area contributed by atoms with E-state index in [9.17, 15) is 0 Å². The zero-order valence-electron chi connectivity index (χ0n) is 8.66. The molecule has 0 aromatic heterocycles. The van der Waals surface area contributed by atoms with E-state index in [1.165, 1.54) is 16.7 Å². The van der Waals surface area contributed by atoms with Gasteiger partial charge in [-0.2, -0.15) is 4.89 Å². The molecule has 2 heterocycles. The van der Waals surface area contributed by atoms with Crippen molar-refractivity contribution in [2.45, 2.75) is 19.6 Å². The third-order valence-electron chi connectivity index (χ3n) is 2.95. The predicted octanol–water partition coefficient (Wildman–Crippen LogP) is 1.92. The maximum Gasteiger partial charge on any atom is 0.171 e. The van der Waals surface area contributed by atoms with Crippen molar-refractivity contribution < 1.29 is 9.78 Å². The number of nitrogens with zero attached hydrogens (tertiary/aromatic N) is 1. The second-order valence-electron chi connectivity index (χ2n) is 4.06. The van der Waals surface area contributed by atoms with Crippen LogP contribution in [0.3, 0.4) is 0 Å². The first-order chi connectivity index (χ1) is 6.83. The molecule has 0 atom stereocenters. The highest BCUT2D eigenvalue weighted by Gasteiger charge is 2.20. The van der Waals surface area contributed by atoms with E-state index in [0.717, 1.165) is 25.3 Å². The number of hydrogen-bond donors (Lipinski definition) is 0. The number of halogens is 1. The molecule has 15 heavy (non-hydrogen) atoms. The summed E-state index contributed by atoms with van der Waals surface area (Å²) in [6, 6.07) is 4.35. The highest BCUT2D eigenvalue weighted by Crippen LogP contribution is 2.31. The van der Waals surface area contributed by atoms with Gasteiger partial charge in [0.15, 0.2) is 5.75 Å². The molecular formula is C11H14ClNO2. The van der Waals surface area contributed by atoms with Gasteiger partial charge in [0.05, 0.1) is 0 Å². The van der Waals surface area contributed by atoms with Crippen LogP contribution in [0.4, 0.5) is 0 Å². The molecule has 0 saturated heterocycles. The molecule has 0 radical (unpaired) electrons. The van der Waals surface area contributed by atoms with Crippen molar-refractivity contribution in [3.63, 3.8) is 0 Å². The molecule has 0 fully saturated rings. The fourth-order valence-corrected chi connectivity index (χ4v) is 2.13. The van der Waals surface area contributed by atoms with E-state index in [-0.39, 0.29) is 12.4 Å². The Morgan fingerprint density at radius 2 is 2.07 bits per heavy atom. The summed E-state index contributed by atoms with van der Waals surface area (Å²) in [6.45, 7) is 2.77. The zero-order valence-corrected chi connectivity index (χ0v) is 9.47. The molecule has 0 bridgehead atoms. The summed E-state index contributed by atoms with van der Waals surface area (Å²) in [5.74, 6) is 0.910. The zero-order chi connectivity index (χ0) is 9.54. The lowest BCUT2D eigenvalue weighted by molar-refractivity contribution is -0.194. The minimum atomic E-state index is 0. The predicted molar refractivity (Wildman–Crippen MR) is 59.1 cm³/mol. The monoisotopic (exact) mass is 227 g/mol. The summed E-state index contributed by atoms with van der Waals surface area (Å²) >= 11 is 0. The lowest BCUT2D eigenvalue weighted by atomic mass is 9.97. The van der Waals surface area contributed by atoms with E-state index in [1.54, 1.807) is 0 Å². The molecule has 0 spiro atoms. The van der Waals surface area contributed by atoms with Crippen molar-refractivity contribution in [1.82, 2.24) is 4.90 Å². The Balaban J connectivity index is 0.000000853. The average Bonchev–Trinajstić information content (AvgIpc) is 2.61. The van der Waals surface area contributed by atoms with Gasteiger partial charge in [0.2, 0.25) is 0 Å². The third kappa shape index (κ3) is 1.83. The van der Waals surface area contributed by atoms with E-state index in [1.807, 2.05) is 0 Å². The van der Waals surface area contributed by atoms with Crippen LogP contribution in [0, 0.1) is 0 Å². The standard InChI is InChI=1S/C11H13NO2.ClH/c1-12-3-2-8-5-11-10(7-13-14-11)4-9(8)6-12;/h4-5H,2-3,6-7H2,1H3;1H. The van der Waals surface area contributed by atoms with Gasteiger partial charge in [0.25, 0.3) is 0 Å². The molecule has 0 aliphatic carbocycles. The van der Waals surface area contributed by atoms with Crippen LogP contribution in [-0.4, -0.2) is 18.5 Å². The summed E-state index contributed by atoms with van der Waals surface area (Å²) in [5, 5.41) is 0. The first kappa shape index (κ1) is 10.7. The van der Waals surface area contributed by atoms with Crippen molar-refractivity contribution in [1.29, 1.82) is 0 Å². The summed E-state index contributed by atoms with van der Waals surface area (Å²) in [7, 11) is 2.16. The maximum absolute atomic E-state index is 5.08. The van der Waals surface area contributed by atoms with Crippen molar-refractivity contribution in [2.24, 2.45) is 0 Å². The lowest BCUT2D eigenvalue weighted by Crippen LogP contribution is -2.26. The normalized spacial score (nSPS) is 18.7. The Kier molecular flexibility index (Phi) is 2.87. The van der Waals surface area contributed by atoms with Gasteiger partial charge >= 0.3 is 0 Å². The Labute approximate surface area is 95.3 Å². The fourth-order valence-electron chi connectivity index (χ4n) is 2.13.